The minimum atomic E-state index is 0.541. The fourth-order valence-corrected chi connectivity index (χ4v) is 3.79. The summed E-state index contributed by atoms with van der Waals surface area (Å²) in [5.74, 6) is 1.52. The molecule has 0 amide bonds. The van der Waals surface area contributed by atoms with E-state index < -0.39 is 0 Å². The smallest absolute Gasteiger partial charge is 0.119 e. The number of fused-ring (bicyclic) bond motifs is 1. The van der Waals surface area contributed by atoms with Gasteiger partial charge in [-0.3, -0.25) is 0 Å². The molecule has 1 aliphatic heterocycles. The summed E-state index contributed by atoms with van der Waals surface area (Å²) in [5, 5.41) is 4.66. The van der Waals surface area contributed by atoms with Gasteiger partial charge < -0.3 is 10.1 Å². The summed E-state index contributed by atoms with van der Waals surface area (Å²) in [6, 6.07) is 8.43. The van der Waals surface area contributed by atoms with Crippen molar-refractivity contribution in [1.82, 2.24) is 10.3 Å². The highest BCUT2D eigenvalue weighted by Crippen LogP contribution is 2.23. The molecule has 1 N–H and O–H groups in total. The fraction of sp³-hybridized carbons (Fsp3) is 0.500. The van der Waals surface area contributed by atoms with Crippen molar-refractivity contribution in [2.45, 2.75) is 45.6 Å². The molecule has 1 aromatic carbocycles. The highest BCUT2D eigenvalue weighted by atomic mass is 32.1. The van der Waals surface area contributed by atoms with Crippen molar-refractivity contribution in [3.05, 3.63) is 45.4 Å². The van der Waals surface area contributed by atoms with Gasteiger partial charge in [-0.25, -0.2) is 4.98 Å². The van der Waals surface area contributed by atoms with Gasteiger partial charge in [0.1, 0.15) is 5.75 Å². The van der Waals surface area contributed by atoms with Gasteiger partial charge in [0.25, 0.3) is 0 Å². The van der Waals surface area contributed by atoms with E-state index >= 15 is 0 Å². The molecule has 0 bridgehead atoms. The minimum absolute atomic E-state index is 0.541. The maximum absolute atomic E-state index is 5.89. The van der Waals surface area contributed by atoms with Crippen molar-refractivity contribution in [3.63, 3.8) is 0 Å². The average Bonchev–Trinajstić information content (AvgIpc) is 2.94. The number of ether oxygens (including phenoxy) is 1. The van der Waals surface area contributed by atoms with Gasteiger partial charge in [0.15, 0.2) is 0 Å². The zero-order chi connectivity index (χ0) is 15.4. The molecule has 0 unspecified atom stereocenters. The van der Waals surface area contributed by atoms with Crippen LogP contribution in [0, 0.1) is 0 Å². The van der Waals surface area contributed by atoms with Crippen LogP contribution < -0.4 is 10.1 Å². The van der Waals surface area contributed by atoms with Gasteiger partial charge in [-0.1, -0.05) is 26.0 Å². The summed E-state index contributed by atoms with van der Waals surface area (Å²) in [5.41, 5.74) is 2.64. The average molecular weight is 316 g/mol. The molecule has 0 atom stereocenters. The molecule has 0 aliphatic carbocycles. The first-order valence-corrected chi connectivity index (χ1v) is 8.95. The van der Waals surface area contributed by atoms with Gasteiger partial charge in [-0.2, -0.15) is 0 Å². The predicted molar refractivity (Wildman–Crippen MR) is 91.9 cm³/mol. The van der Waals surface area contributed by atoms with Gasteiger partial charge >= 0.3 is 0 Å². The van der Waals surface area contributed by atoms with E-state index in [1.54, 1.807) is 0 Å². The van der Waals surface area contributed by atoms with Crippen molar-refractivity contribution < 1.29 is 4.74 Å². The third-order valence-corrected chi connectivity index (χ3v) is 5.13. The first kappa shape index (κ1) is 15.5. The van der Waals surface area contributed by atoms with Crippen LogP contribution in [0.4, 0.5) is 0 Å². The van der Waals surface area contributed by atoms with E-state index in [9.17, 15) is 0 Å². The Labute approximate surface area is 136 Å². The Kier molecular flexibility index (Phi) is 5.11. The van der Waals surface area contributed by atoms with Gasteiger partial charge in [0.2, 0.25) is 0 Å². The molecule has 4 heteroatoms. The Bertz CT molecular complexity index is 598. The van der Waals surface area contributed by atoms with Crippen molar-refractivity contribution in [1.29, 1.82) is 0 Å². The lowest BCUT2D eigenvalue weighted by Crippen LogP contribution is -2.22. The lowest BCUT2D eigenvalue weighted by molar-refractivity contribution is 0.310. The standard InChI is InChI=1S/C18H24N2OS/c1-13(2)14-5-3-6-15(11-14)21-10-4-7-18-20-16-8-9-19-12-17(16)22-18/h3,5-6,11,13,19H,4,7-10,12H2,1-2H3. The number of benzene rings is 1. The fourth-order valence-electron chi connectivity index (χ4n) is 2.66. The van der Waals surface area contributed by atoms with E-state index in [1.165, 1.54) is 21.1 Å². The number of thiazole rings is 1. The topological polar surface area (TPSA) is 34.1 Å². The Hall–Kier alpha value is -1.39. The van der Waals surface area contributed by atoms with Gasteiger partial charge in [-0.15, -0.1) is 11.3 Å². The minimum Gasteiger partial charge on any atom is -0.494 e. The molecule has 2 heterocycles. The summed E-state index contributed by atoms with van der Waals surface area (Å²) >= 11 is 1.86. The Morgan fingerprint density at radius 3 is 3.09 bits per heavy atom. The molecule has 0 saturated heterocycles. The van der Waals surface area contributed by atoms with Gasteiger partial charge in [0, 0.05) is 30.8 Å². The number of nitrogens with zero attached hydrogens (tertiary/aromatic N) is 1. The molecule has 3 rings (SSSR count). The molecular weight excluding hydrogens is 292 g/mol. The van der Waals surface area contributed by atoms with Crippen molar-refractivity contribution in [3.8, 4) is 5.75 Å². The van der Waals surface area contributed by atoms with E-state index in [0.29, 0.717) is 5.92 Å². The van der Waals surface area contributed by atoms with Crippen molar-refractivity contribution in [2.24, 2.45) is 0 Å². The maximum Gasteiger partial charge on any atom is 0.119 e. The van der Waals surface area contributed by atoms with Crippen LogP contribution in [0.1, 0.15) is 47.3 Å². The number of rotatable bonds is 6. The van der Waals surface area contributed by atoms with Gasteiger partial charge in [-0.05, 0) is 30.0 Å². The summed E-state index contributed by atoms with van der Waals surface area (Å²) in [7, 11) is 0. The van der Waals surface area contributed by atoms with Gasteiger partial charge in [0.05, 0.1) is 17.3 Å². The van der Waals surface area contributed by atoms with Crippen LogP contribution in [0.3, 0.4) is 0 Å². The number of aryl methyl sites for hydroxylation is 1. The maximum atomic E-state index is 5.89. The second-order valence-electron chi connectivity index (χ2n) is 6.08. The number of hydrogen-bond donors (Lipinski definition) is 1. The summed E-state index contributed by atoms with van der Waals surface area (Å²) in [6.07, 6.45) is 3.11. The summed E-state index contributed by atoms with van der Waals surface area (Å²) < 4.78 is 5.89. The molecule has 22 heavy (non-hydrogen) atoms. The van der Waals surface area contributed by atoms with E-state index in [4.69, 9.17) is 9.72 Å². The quantitative estimate of drug-likeness (QED) is 0.820. The predicted octanol–water partition coefficient (Wildman–Crippen LogP) is 3.92. The largest absolute Gasteiger partial charge is 0.494 e. The van der Waals surface area contributed by atoms with Crippen LogP contribution in [-0.2, 0) is 19.4 Å². The van der Waals surface area contributed by atoms with E-state index in [2.05, 4.69) is 37.4 Å². The lowest BCUT2D eigenvalue weighted by Gasteiger charge is -2.09. The number of nitrogens with one attached hydrogen (secondary N) is 1. The normalized spacial score (nSPS) is 14.1. The highest BCUT2D eigenvalue weighted by Gasteiger charge is 2.14. The van der Waals surface area contributed by atoms with Crippen LogP contribution in [-0.4, -0.2) is 18.1 Å². The molecule has 1 aromatic heterocycles. The molecule has 1 aliphatic rings. The highest BCUT2D eigenvalue weighted by molar-refractivity contribution is 7.11. The number of hydrogen-bond acceptors (Lipinski definition) is 4. The van der Waals surface area contributed by atoms with Crippen LogP contribution in [0.5, 0.6) is 5.75 Å². The molecule has 2 aromatic rings. The molecular formula is C18H24N2OS. The lowest BCUT2D eigenvalue weighted by atomic mass is 10.0. The zero-order valence-corrected chi connectivity index (χ0v) is 14.2. The monoisotopic (exact) mass is 316 g/mol. The Morgan fingerprint density at radius 1 is 1.36 bits per heavy atom. The van der Waals surface area contributed by atoms with E-state index in [-0.39, 0.29) is 0 Å². The van der Waals surface area contributed by atoms with Crippen LogP contribution in [0.15, 0.2) is 24.3 Å². The summed E-state index contributed by atoms with van der Waals surface area (Å²) in [4.78, 5) is 6.18. The molecule has 0 fully saturated rings. The molecule has 0 radical (unpaired) electrons. The first-order chi connectivity index (χ1) is 10.7. The van der Waals surface area contributed by atoms with Crippen LogP contribution >= 0.6 is 11.3 Å². The molecule has 0 spiro atoms. The first-order valence-electron chi connectivity index (χ1n) is 8.13. The Morgan fingerprint density at radius 2 is 2.27 bits per heavy atom. The SMILES string of the molecule is CC(C)c1cccc(OCCCc2nc3c(s2)CNCC3)c1. The molecule has 3 nitrogen and oxygen atoms in total. The van der Waals surface area contributed by atoms with Crippen LogP contribution in [0.2, 0.25) is 0 Å². The summed E-state index contributed by atoms with van der Waals surface area (Å²) in [6.45, 7) is 7.22. The van der Waals surface area contributed by atoms with Crippen LogP contribution in [0.25, 0.3) is 0 Å². The van der Waals surface area contributed by atoms with E-state index in [1.807, 2.05) is 17.4 Å². The molecule has 0 saturated carbocycles. The van der Waals surface area contributed by atoms with Crippen molar-refractivity contribution in [2.75, 3.05) is 13.2 Å². The van der Waals surface area contributed by atoms with E-state index in [0.717, 1.165) is 44.7 Å². The third-order valence-electron chi connectivity index (χ3n) is 3.98. The Balaban J connectivity index is 1.47. The molecule has 118 valence electrons. The second kappa shape index (κ2) is 7.25. The number of aromatic nitrogens is 1. The van der Waals surface area contributed by atoms with Crippen molar-refractivity contribution >= 4 is 11.3 Å². The second-order valence-corrected chi connectivity index (χ2v) is 7.25. The zero-order valence-electron chi connectivity index (χ0n) is 13.4. The third kappa shape index (κ3) is 3.87.